The van der Waals surface area contributed by atoms with E-state index in [-0.39, 0.29) is 11.9 Å². The zero-order chi connectivity index (χ0) is 11.4. The van der Waals surface area contributed by atoms with Gasteiger partial charge in [-0.2, -0.15) is 0 Å². The maximum Gasteiger partial charge on any atom is 0.253 e. The molecule has 0 fully saturated rings. The van der Waals surface area contributed by atoms with E-state index in [4.69, 9.17) is 29.6 Å². The van der Waals surface area contributed by atoms with Crippen LogP contribution in [0.25, 0.3) is 0 Å². The molecule has 80 valence electrons. The standard InChI is InChI=1S/C10H9Cl2NOS/c1-3-4-6(2)13-10(14)7-5-8(11)15-9(7)12/h1,5-6H,4H2,2H3,(H,13,14). The fourth-order valence-electron chi connectivity index (χ4n) is 1.02. The van der Waals surface area contributed by atoms with Crippen molar-refractivity contribution in [3.8, 4) is 12.3 Å². The lowest BCUT2D eigenvalue weighted by molar-refractivity contribution is 0.0941. The van der Waals surface area contributed by atoms with E-state index >= 15 is 0 Å². The summed E-state index contributed by atoms with van der Waals surface area (Å²) in [6, 6.07) is 1.48. The van der Waals surface area contributed by atoms with E-state index in [9.17, 15) is 4.79 Å². The van der Waals surface area contributed by atoms with Gasteiger partial charge in [0.2, 0.25) is 0 Å². The maximum atomic E-state index is 11.6. The second-order valence-electron chi connectivity index (χ2n) is 3.02. The first-order chi connectivity index (χ1) is 7.04. The van der Waals surface area contributed by atoms with E-state index in [0.717, 1.165) is 0 Å². The zero-order valence-electron chi connectivity index (χ0n) is 8.01. The van der Waals surface area contributed by atoms with Gasteiger partial charge in [0.15, 0.2) is 0 Å². The van der Waals surface area contributed by atoms with E-state index in [1.54, 1.807) is 6.07 Å². The van der Waals surface area contributed by atoms with E-state index < -0.39 is 0 Å². The summed E-state index contributed by atoms with van der Waals surface area (Å²) in [4.78, 5) is 11.6. The Morgan fingerprint density at radius 2 is 2.40 bits per heavy atom. The number of hydrogen-bond donors (Lipinski definition) is 1. The fraction of sp³-hybridized carbons (Fsp3) is 0.300. The van der Waals surface area contributed by atoms with Crippen molar-refractivity contribution in [3.05, 3.63) is 20.3 Å². The Kier molecular flexibility index (Phi) is 4.46. The highest BCUT2D eigenvalue weighted by Gasteiger charge is 2.15. The Morgan fingerprint density at radius 1 is 1.73 bits per heavy atom. The molecule has 1 atom stereocenters. The summed E-state index contributed by atoms with van der Waals surface area (Å²) >= 11 is 12.7. The van der Waals surface area contributed by atoms with Gasteiger partial charge in [-0.15, -0.1) is 23.7 Å². The van der Waals surface area contributed by atoms with Gasteiger partial charge < -0.3 is 5.32 Å². The Labute approximate surface area is 103 Å². The predicted octanol–water partition coefficient (Wildman–Crippen LogP) is 3.20. The lowest BCUT2D eigenvalue weighted by Gasteiger charge is -2.09. The largest absolute Gasteiger partial charge is 0.349 e. The van der Waals surface area contributed by atoms with Crippen LogP contribution in [0.3, 0.4) is 0 Å². The van der Waals surface area contributed by atoms with Crippen LogP contribution in [0, 0.1) is 12.3 Å². The molecule has 1 unspecified atom stereocenters. The van der Waals surface area contributed by atoms with Crippen LogP contribution in [0.5, 0.6) is 0 Å². The minimum Gasteiger partial charge on any atom is -0.349 e. The topological polar surface area (TPSA) is 29.1 Å². The molecule has 1 rings (SSSR count). The van der Waals surface area contributed by atoms with Crippen LogP contribution in [0.2, 0.25) is 8.67 Å². The Hall–Kier alpha value is -0.690. The van der Waals surface area contributed by atoms with Crippen molar-refractivity contribution in [1.82, 2.24) is 5.32 Å². The average molecular weight is 262 g/mol. The molecule has 1 N–H and O–H groups in total. The van der Waals surface area contributed by atoms with Crippen molar-refractivity contribution >= 4 is 40.4 Å². The molecule has 1 aromatic rings. The van der Waals surface area contributed by atoms with Crippen molar-refractivity contribution in [2.45, 2.75) is 19.4 Å². The molecule has 0 bridgehead atoms. The number of nitrogens with one attached hydrogen (secondary N) is 1. The summed E-state index contributed by atoms with van der Waals surface area (Å²) in [5.74, 6) is 2.23. The zero-order valence-corrected chi connectivity index (χ0v) is 10.3. The molecule has 0 saturated carbocycles. The number of carbonyl (C=O) groups excluding carboxylic acids is 1. The first kappa shape index (κ1) is 12.4. The molecule has 0 spiro atoms. The highest BCUT2D eigenvalue weighted by molar-refractivity contribution is 7.20. The molecule has 0 radical (unpaired) electrons. The third-order valence-electron chi connectivity index (χ3n) is 1.70. The molecule has 0 saturated heterocycles. The molecule has 1 aromatic heterocycles. The number of hydrogen-bond acceptors (Lipinski definition) is 2. The summed E-state index contributed by atoms with van der Waals surface area (Å²) in [6.07, 6.45) is 5.62. The molecule has 0 aromatic carbocycles. The van der Waals surface area contributed by atoms with Gasteiger partial charge in [-0.25, -0.2) is 0 Å². The highest BCUT2D eigenvalue weighted by atomic mass is 35.5. The Balaban J connectivity index is 2.70. The lowest BCUT2D eigenvalue weighted by atomic mass is 10.2. The summed E-state index contributed by atoms with van der Waals surface area (Å²) < 4.78 is 0.889. The van der Waals surface area contributed by atoms with Gasteiger partial charge in [0, 0.05) is 12.5 Å². The molecule has 5 heteroatoms. The SMILES string of the molecule is C#CCC(C)NC(=O)c1cc(Cl)sc1Cl. The van der Waals surface area contributed by atoms with Gasteiger partial charge in [-0.05, 0) is 13.0 Å². The van der Waals surface area contributed by atoms with Crippen LogP contribution in [0.1, 0.15) is 23.7 Å². The third kappa shape index (κ3) is 3.42. The van der Waals surface area contributed by atoms with Crippen LogP contribution in [0.4, 0.5) is 0 Å². The molecule has 15 heavy (non-hydrogen) atoms. The Bertz CT molecular complexity index is 408. The molecule has 2 nitrogen and oxygen atoms in total. The first-order valence-electron chi connectivity index (χ1n) is 4.23. The summed E-state index contributed by atoms with van der Waals surface area (Å²) in [5, 5.41) is 2.73. The van der Waals surface area contributed by atoms with E-state index in [1.165, 1.54) is 11.3 Å². The average Bonchev–Trinajstić information content (AvgIpc) is 2.45. The van der Waals surface area contributed by atoms with Gasteiger partial charge in [0.1, 0.15) is 4.34 Å². The maximum absolute atomic E-state index is 11.6. The van der Waals surface area contributed by atoms with Gasteiger partial charge in [-0.1, -0.05) is 23.2 Å². The number of carbonyl (C=O) groups is 1. The lowest BCUT2D eigenvalue weighted by Crippen LogP contribution is -2.32. The van der Waals surface area contributed by atoms with Gasteiger partial charge in [0.25, 0.3) is 5.91 Å². The molecule has 1 heterocycles. The van der Waals surface area contributed by atoms with Crippen LogP contribution in [-0.4, -0.2) is 11.9 Å². The van der Waals surface area contributed by atoms with E-state index in [0.29, 0.717) is 20.7 Å². The minimum absolute atomic E-state index is 0.0720. The molecule has 0 aliphatic heterocycles. The number of terminal acetylenes is 1. The molecular weight excluding hydrogens is 253 g/mol. The number of halogens is 2. The van der Waals surface area contributed by atoms with Crippen LogP contribution < -0.4 is 5.32 Å². The van der Waals surface area contributed by atoms with E-state index in [2.05, 4.69) is 11.2 Å². The van der Waals surface area contributed by atoms with Crippen molar-refractivity contribution < 1.29 is 4.79 Å². The number of thiophene rings is 1. The Morgan fingerprint density at radius 3 is 2.87 bits per heavy atom. The summed E-state index contributed by atoms with van der Waals surface area (Å²) in [6.45, 7) is 1.83. The second kappa shape index (κ2) is 5.41. The van der Waals surface area contributed by atoms with Crippen molar-refractivity contribution in [2.75, 3.05) is 0 Å². The number of rotatable bonds is 3. The quantitative estimate of drug-likeness (QED) is 0.833. The van der Waals surface area contributed by atoms with Gasteiger partial charge >= 0.3 is 0 Å². The minimum atomic E-state index is -0.245. The second-order valence-corrected chi connectivity index (χ2v) is 5.31. The van der Waals surface area contributed by atoms with Crippen LogP contribution >= 0.6 is 34.5 Å². The first-order valence-corrected chi connectivity index (χ1v) is 5.81. The molecule has 0 aliphatic rings. The molecular formula is C10H9Cl2NOS. The monoisotopic (exact) mass is 261 g/mol. The molecule has 0 aliphatic carbocycles. The van der Waals surface area contributed by atoms with Crippen molar-refractivity contribution in [3.63, 3.8) is 0 Å². The highest BCUT2D eigenvalue weighted by Crippen LogP contribution is 2.30. The van der Waals surface area contributed by atoms with Crippen LogP contribution in [-0.2, 0) is 0 Å². The fourth-order valence-corrected chi connectivity index (χ4v) is 2.48. The normalized spacial score (nSPS) is 11.9. The van der Waals surface area contributed by atoms with Crippen LogP contribution in [0.15, 0.2) is 6.07 Å². The van der Waals surface area contributed by atoms with Crippen molar-refractivity contribution in [1.29, 1.82) is 0 Å². The third-order valence-corrected chi connectivity index (χ3v) is 3.19. The van der Waals surface area contributed by atoms with Crippen molar-refractivity contribution in [2.24, 2.45) is 0 Å². The van der Waals surface area contributed by atoms with E-state index in [1.807, 2.05) is 6.92 Å². The number of amides is 1. The summed E-state index contributed by atoms with van der Waals surface area (Å²) in [5.41, 5.74) is 0.399. The van der Waals surface area contributed by atoms with Gasteiger partial charge in [0.05, 0.1) is 9.90 Å². The smallest absolute Gasteiger partial charge is 0.253 e. The predicted molar refractivity (Wildman–Crippen MR) is 64.7 cm³/mol. The molecule has 1 amide bonds. The van der Waals surface area contributed by atoms with Gasteiger partial charge in [-0.3, -0.25) is 4.79 Å². The summed E-state index contributed by atoms with van der Waals surface area (Å²) in [7, 11) is 0.